The molecule has 0 spiro atoms. The molecule has 0 aliphatic carbocycles. The van der Waals surface area contributed by atoms with Gasteiger partial charge in [-0.25, -0.2) is 5.43 Å². The normalized spacial score (nSPS) is 11.5. The maximum absolute atomic E-state index is 11.8. The second-order valence-electron chi connectivity index (χ2n) is 4.72. The zero-order valence-corrected chi connectivity index (χ0v) is 15.4. The van der Waals surface area contributed by atoms with E-state index >= 15 is 0 Å². The first-order chi connectivity index (χ1) is 11.6. The van der Waals surface area contributed by atoms with Crippen molar-refractivity contribution in [3.05, 3.63) is 52.0 Å². The minimum absolute atomic E-state index is 0.124. The van der Waals surface area contributed by atoms with Crippen molar-refractivity contribution in [3.63, 3.8) is 0 Å². The Hall–Kier alpha value is -2.29. The summed E-state index contributed by atoms with van der Waals surface area (Å²) >= 11 is 2.12. The van der Waals surface area contributed by atoms with Crippen LogP contribution in [0.25, 0.3) is 6.08 Å². The summed E-state index contributed by atoms with van der Waals surface area (Å²) in [4.78, 5) is 11.8. The fourth-order valence-electron chi connectivity index (χ4n) is 1.68. The van der Waals surface area contributed by atoms with E-state index in [0.29, 0.717) is 17.2 Å². The lowest BCUT2D eigenvalue weighted by Gasteiger charge is -2.08. The van der Waals surface area contributed by atoms with Crippen molar-refractivity contribution in [2.24, 2.45) is 5.10 Å². The maximum Gasteiger partial charge on any atom is 0.277 e. The molecular formula is C17H17IN2O4. The number of methoxy groups -OCH3 is 1. The molecule has 0 unspecified atom stereocenters. The third-order valence-electron chi connectivity index (χ3n) is 2.89. The van der Waals surface area contributed by atoms with Crippen molar-refractivity contribution < 1.29 is 18.7 Å². The fourth-order valence-corrected chi connectivity index (χ4v) is 2.32. The van der Waals surface area contributed by atoms with Gasteiger partial charge in [-0.05, 0) is 72.0 Å². The molecule has 2 rings (SSSR count). The number of benzene rings is 1. The van der Waals surface area contributed by atoms with E-state index in [1.807, 2.05) is 12.1 Å². The molecule has 1 N–H and O–H groups in total. The quantitative estimate of drug-likeness (QED) is 0.407. The van der Waals surface area contributed by atoms with Gasteiger partial charge < -0.3 is 13.9 Å². The first-order valence-corrected chi connectivity index (χ1v) is 8.17. The van der Waals surface area contributed by atoms with Crippen LogP contribution < -0.4 is 14.9 Å². The van der Waals surface area contributed by atoms with Crippen LogP contribution in [0.5, 0.6) is 11.5 Å². The first-order valence-electron chi connectivity index (χ1n) is 7.09. The molecule has 1 aromatic carbocycles. The molecule has 0 radical (unpaired) electrons. The van der Waals surface area contributed by atoms with Crippen LogP contribution in [0, 0.1) is 3.57 Å². The predicted octanol–water partition coefficient (Wildman–Crippen LogP) is 3.48. The standard InChI is InChI=1S/C17H17IN2O4/c1-12(5-6-13-4-3-9-23-13)19-20-17(21)11-24-16-8-7-14(22-2)10-15(16)18/h3-10H,11H2,1-2H3,(H,20,21). The number of nitrogens with zero attached hydrogens (tertiary/aromatic N) is 1. The molecule has 1 aromatic heterocycles. The van der Waals surface area contributed by atoms with Gasteiger partial charge in [-0.3, -0.25) is 4.79 Å². The van der Waals surface area contributed by atoms with Gasteiger partial charge in [-0.2, -0.15) is 5.10 Å². The molecule has 0 bridgehead atoms. The highest BCUT2D eigenvalue weighted by atomic mass is 127. The van der Waals surface area contributed by atoms with E-state index in [0.717, 1.165) is 9.32 Å². The van der Waals surface area contributed by atoms with E-state index in [-0.39, 0.29) is 12.5 Å². The second-order valence-corrected chi connectivity index (χ2v) is 5.88. The summed E-state index contributed by atoms with van der Waals surface area (Å²) in [5.74, 6) is 1.73. The Morgan fingerprint density at radius 1 is 1.42 bits per heavy atom. The number of hydrogen-bond acceptors (Lipinski definition) is 5. The summed E-state index contributed by atoms with van der Waals surface area (Å²) in [5.41, 5.74) is 3.08. The second kappa shape index (κ2) is 9.11. The monoisotopic (exact) mass is 440 g/mol. The summed E-state index contributed by atoms with van der Waals surface area (Å²) in [6.07, 6.45) is 5.10. The lowest BCUT2D eigenvalue weighted by Crippen LogP contribution is -2.25. The summed E-state index contributed by atoms with van der Waals surface area (Å²) in [6, 6.07) is 8.99. The number of ether oxygens (including phenoxy) is 2. The van der Waals surface area contributed by atoms with E-state index in [4.69, 9.17) is 13.9 Å². The van der Waals surface area contributed by atoms with Crippen molar-refractivity contribution in [2.45, 2.75) is 6.92 Å². The molecule has 0 atom stereocenters. The van der Waals surface area contributed by atoms with E-state index in [1.165, 1.54) is 0 Å². The number of hydrazone groups is 1. The molecule has 0 aliphatic rings. The zero-order chi connectivity index (χ0) is 17.4. The SMILES string of the molecule is COc1ccc(OCC(=O)NN=C(C)C=Cc2ccco2)c(I)c1. The molecular weight excluding hydrogens is 423 g/mol. The number of hydrogen-bond donors (Lipinski definition) is 1. The van der Waals surface area contributed by atoms with Gasteiger partial charge in [0.05, 0.1) is 22.7 Å². The minimum Gasteiger partial charge on any atom is -0.497 e. The Bertz CT molecular complexity index is 739. The number of allylic oxidation sites excluding steroid dienone is 1. The lowest BCUT2D eigenvalue weighted by atomic mass is 10.3. The highest BCUT2D eigenvalue weighted by Crippen LogP contribution is 2.25. The van der Waals surface area contributed by atoms with Gasteiger partial charge in [0.15, 0.2) is 6.61 Å². The number of carbonyl (C=O) groups excluding carboxylic acids is 1. The van der Waals surface area contributed by atoms with E-state index in [2.05, 4.69) is 33.1 Å². The third-order valence-corrected chi connectivity index (χ3v) is 3.73. The van der Waals surface area contributed by atoms with E-state index in [9.17, 15) is 4.79 Å². The molecule has 6 nitrogen and oxygen atoms in total. The van der Waals surface area contributed by atoms with Crippen molar-refractivity contribution in [1.29, 1.82) is 0 Å². The first kappa shape index (κ1) is 18.1. The van der Waals surface area contributed by atoms with Crippen LogP contribution in [0.1, 0.15) is 12.7 Å². The molecule has 2 aromatic rings. The van der Waals surface area contributed by atoms with Crippen LogP contribution in [0.2, 0.25) is 0 Å². The lowest BCUT2D eigenvalue weighted by molar-refractivity contribution is -0.123. The van der Waals surface area contributed by atoms with Gasteiger partial charge in [0.1, 0.15) is 17.3 Å². The number of rotatable bonds is 7. The van der Waals surface area contributed by atoms with Crippen LogP contribution in [-0.2, 0) is 4.79 Å². The molecule has 7 heteroatoms. The predicted molar refractivity (Wildman–Crippen MR) is 100 cm³/mol. The average molecular weight is 440 g/mol. The van der Waals surface area contributed by atoms with Crippen LogP contribution in [0.3, 0.4) is 0 Å². The largest absolute Gasteiger partial charge is 0.497 e. The molecule has 126 valence electrons. The zero-order valence-electron chi connectivity index (χ0n) is 13.3. The maximum atomic E-state index is 11.8. The van der Waals surface area contributed by atoms with E-state index in [1.54, 1.807) is 50.6 Å². The number of furan rings is 1. The summed E-state index contributed by atoms with van der Waals surface area (Å²) in [7, 11) is 1.60. The van der Waals surface area contributed by atoms with Crippen LogP contribution in [0.4, 0.5) is 0 Å². The van der Waals surface area contributed by atoms with Crippen molar-refractivity contribution in [3.8, 4) is 11.5 Å². The van der Waals surface area contributed by atoms with Crippen LogP contribution >= 0.6 is 22.6 Å². The fraction of sp³-hybridized carbons (Fsp3) is 0.176. The van der Waals surface area contributed by atoms with Gasteiger partial charge in [0, 0.05) is 0 Å². The molecule has 0 aliphatic heterocycles. The highest BCUT2D eigenvalue weighted by Gasteiger charge is 2.06. The third kappa shape index (κ3) is 5.73. The Morgan fingerprint density at radius 3 is 2.92 bits per heavy atom. The van der Waals surface area contributed by atoms with Gasteiger partial charge in [-0.1, -0.05) is 0 Å². The number of halogens is 1. The topological polar surface area (TPSA) is 73.1 Å². The Morgan fingerprint density at radius 2 is 2.25 bits per heavy atom. The number of nitrogens with one attached hydrogen (secondary N) is 1. The van der Waals surface area contributed by atoms with Gasteiger partial charge in [0.25, 0.3) is 5.91 Å². The van der Waals surface area contributed by atoms with Crippen molar-refractivity contribution in [1.82, 2.24) is 5.43 Å². The summed E-state index contributed by atoms with van der Waals surface area (Å²) in [5, 5.41) is 3.97. The smallest absolute Gasteiger partial charge is 0.277 e. The summed E-state index contributed by atoms with van der Waals surface area (Å²) in [6.45, 7) is 1.65. The Labute approximate surface area is 153 Å². The molecule has 1 heterocycles. The van der Waals surface area contributed by atoms with Crippen LogP contribution in [0.15, 0.2) is 52.2 Å². The molecule has 0 fully saturated rings. The molecule has 0 saturated heterocycles. The highest BCUT2D eigenvalue weighted by molar-refractivity contribution is 14.1. The number of amides is 1. The summed E-state index contributed by atoms with van der Waals surface area (Å²) < 4.78 is 16.6. The van der Waals surface area contributed by atoms with Crippen LogP contribution in [-0.4, -0.2) is 25.3 Å². The minimum atomic E-state index is -0.340. The van der Waals surface area contributed by atoms with Gasteiger partial charge >= 0.3 is 0 Å². The van der Waals surface area contributed by atoms with Crippen molar-refractivity contribution >= 4 is 40.3 Å². The molecule has 1 amide bonds. The van der Waals surface area contributed by atoms with E-state index < -0.39 is 0 Å². The van der Waals surface area contributed by atoms with Gasteiger partial charge in [0.2, 0.25) is 0 Å². The Kier molecular flexibility index (Phi) is 6.86. The van der Waals surface area contributed by atoms with Gasteiger partial charge in [-0.15, -0.1) is 0 Å². The molecule has 24 heavy (non-hydrogen) atoms. The average Bonchev–Trinajstić information content (AvgIpc) is 3.10. The van der Waals surface area contributed by atoms with Crippen molar-refractivity contribution in [2.75, 3.05) is 13.7 Å². The Balaban J connectivity index is 1.81. The molecule has 0 saturated carbocycles. The number of carbonyl (C=O) groups is 1.